The third kappa shape index (κ3) is 4.08. The summed E-state index contributed by atoms with van der Waals surface area (Å²) in [5, 5.41) is -0.0706. The van der Waals surface area contributed by atoms with Crippen molar-refractivity contribution in [2.24, 2.45) is 0 Å². The van der Waals surface area contributed by atoms with Crippen molar-refractivity contribution in [3.05, 3.63) is 100 Å². The Bertz CT molecular complexity index is 1020. The molecule has 1 aliphatic rings. The number of hydrogen-bond donors (Lipinski definition) is 0. The van der Waals surface area contributed by atoms with E-state index >= 15 is 0 Å². The van der Waals surface area contributed by atoms with Crippen LogP contribution in [0.3, 0.4) is 0 Å². The van der Waals surface area contributed by atoms with Crippen LogP contribution in [0.25, 0.3) is 6.08 Å². The summed E-state index contributed by atoms with van der Waals surface area (Å²) >= 11 is 1.61. The average Bonchev–Trinajstić information content (AvgIpc) is 3.06. The molecule has 3 aromatic rings. The SMILES string of the molecule is Cc1ccc(N2C(=O)/C(=C/c3ccc(N(C)C)cc3)S[C@H]2c2ccccc2)cc1. The molecule has 0 saturated carbocycles. The van der Waals surface area contributed by atoms with Crippen LogP contribution in [0.15, 0.2) is 83.8 Å². The zero-order valence-electron chi connectivity index (χ0n) is 16.9. The highest BCUT2D eigenvalue weighted by atomic mass is 32.2. The lowest BCUT2D eigenvalue weighted by molar-refractivity contribution is -0.114. The largest absolute Gasteiger partial charge is 0.378 e. The Balaban J connectivity index is 1.71. The summed E-state index contributed by atoms with van der Waals surface area (Å²) in [6, 6.07) is 26.6. The van der Waals surface area contributed by atoms with Crippen LogP contribution in [-0.2, 0) is 4.79 Å². The van der Waals surface area contributed by atoms with Crippen LogP contribution in [0.2, 0.25) is 0 Å². The number of thioether (sulfide) groups is 1. The maximum absolute atomic E-state index is 13.4. The normalized spacial score (nSPS) is 17.8. The minimum Gasteiger partial charge on any atom is -0.378 e. The van der Waals surface area contributed by atoms with Gasteiger partial charge in [0.2, 0.25) is 0 Å². The number of amides is 1. The standard InChI is InChI=1S/C25H24N2OS/c1-18-9-13-22(14-10-18)27-24(28)23(29-25(27)20-7-5-4-6-8-20)17-19-11-15-21(16-12-19)26(2)3/h4-17,25H,1-3H3/b23-17-/t25-/m0/s1. The number of anilines is 2. The van der Waals surface area contributed by atoms with E-state index in [-0.39, 0.29) is 11.3 Å². The lowest BCUT2D eigenvalue weighted by Crippen LogP contribution is -2.27. The van der Waals surface area contributed by atoms with Crippen molar-refractivity contribution in [1.82, 2.24) is 0 Å². The molecule has 0 radical (unpaired) electrons. The van der Waals surface area contributed by atoms with Gasteiger partial charge in [0.05, 0.1) is 4.91 Å². The predicted molar refractivity (Wildman–Crippen MR) is 124 cm³/mol. The lowest BCUT2D eigenvalue weighted by atomic mass is 10.1. The van der Waals surface area contributed by atoms with Crippen LogP contribution in [0.5, 0.6) is 0 Å². The highest BCUT2D eigenvalue weighted by Crippen LogP contribution is 2.48. The zero-order chi connectivity index (χ0) is 20.4. The van der Waals surface area contributed by atoms with E-state index in [9.17, 15) is 4.79 Å². The Hall–Kier alpha value is -2.98. The molecule has 3 aromatic carbocycles. The monoisotopic (exact) mass is 400 g/mol. The van der Waals surface area contributed by atoms with Crippen LogP contribution in [0.4, 0.5) is 11.4 Å². The van der Waals surface area contributed by atoms with E-state index in [1.807, 2.05) is 55.4 Å². The molecule has 146 valence electrons. The first-order chi connectivity index (χ1) is 14.0. The molecule has 1 fully saturated rings. The first-order valence-corrected chi connectivity index (χ1v) is 10.5. The molecule has 1 amide bonds. The van der Waals surface area contributed by atoms with Gasteiger partial charge in [-0.15, -0.1) is 0 Å². The van der Waals surface area contributed by atoms with E-state index in [0.717, 1.165) is 27.4 Å². The summed E-state index contributed by atoms with van der Waals surface area (Å²) in [7, 11) is 4.04. The highest BCUT2D eigenvalue weighted by molar-refractivity contribution is 8.05. The summed E-state index contributed by atoms with van der Waals surface area (Å²) in [4.78, 5) is 18.1. The second kappa shape index (κ2) is 8.18. The molecule has 0 aromatic heterocycles. The first kappa shape index (κ1) is 19.3. The van der Waals surface area contributed by atoms with Crippen molar-refractivity contribution < 1.29 is 4.79 Å². The smallest absolute Gasteiger partial charge is 0.266 e. The fourth-order valence-electron chi connectivity index (χ4n) is 3.36. The van der Waals surface area contributed by atoms with Crippen LogP contribution in [0.1, 0.15) is 22.1 Å². The first-order valence-electron chi connectivity index (χ1n) is 9.64. The molecule has 29 heavy (non-hydrogen) atoms. The fraction of sp³-hybridized carbons (Fsp3) is 0.160. The maximum atomic E-state index is 13.4. The number of benzene rings is 3. The van der Waals surface area contributed by atoms with Gasteiger partial charge in [-0.3, -0.25) is 9.69 Å². The van der Waals surface area contributed by atoms with Crippen molar-refractivity contribution in [2.45, 2.75) is 12.3 Å². The average molecular weight is 401 g/mol. The van der Waals surface area contributed by atoms with Crippen LogP contribution in [0, 0.1) is 6.92 Å². The minimum absolute atomic E-state index is 0.0457. The van der Waals surface area contributed by atoms with Crippen molar-refractivity contribution in [3.8, 4) is 0 Å². The van der Waals surface area contributed by atoms with Crippen LogP contribution >= 0.6 is 11.8 Å². The number of nitrogens with zero attached hydrogens (tertiary/aromatic N) is 2. The Labute approximate surface area is 176 Å². The molecule has 1 aliphatic heterocycles. The van der Waals surface area contributed by atoms with Crippen LogP contribution in [-0.4, -0.2) is 20.0 Å². The third-order valence-electron chi connectivity index (χ3n) is 5.01. The molecule has 4 heteroatoms. The van der Waals surface area contributed by atoms with Gasteiger partial charge >= 0.3 is 0 Å². The van der Waals surface area contributed by atoms with Gasteiger partial charge in [0.15, 0.2) is 0 Å². The Kier molecular flexibility index (Phi) is 5.45. The molecule has 0 N–H and O–H groups in total. The van der Waals surface area contributed by atoms with Crippen molar-refractivity contribution in [1.29, 1.82) is 0 Å². The van der Waals surface area contributed by atoms with Crippen molar-refractivity contribution in [2.75, 3.05) is 23.9 Å². The van der Waals surface area contributed by atoms with Gasteiger partial charge in [0, 0.05) is 25.5 Å². The molecule has 0 bridgehead atoms. The summed E-state index contributed by atoms with van der Waals surface area (Å²) in [6.07, 6.45) is 2.00. The maximum Gasteiger partial charge on any atom is 0.266 e. The molecule has 0 spiro atoms. The summed E-state index contributed by atoms with van der Waals surface area (Å²) in [5.74, 6) is 0.0457. The van der Waals surface area contributed by atoms with Gasteiger partial charge in [0.25, 0.3) is 5.91 Å². The number of rotatable bonds is 4. The lowest BCUT2D eigenvalue weighted by Gasteiger charge is -2.23. The molecule has 0 unspecified atom stereocenters. The minimum atomic E-state index is -0.0706. The van der Waals surface area contributed by atoms with Gasteiger partial charge < -0.3 is 4.90 Å². The second-order valence-corrected chi connectivity index (χ2v) is 8.51. The Morgan fingerprint density at radius 1 is 0.897 bits per heavy atom. The number of aryl methyl sites for hydroxylation is 1. The van der Waals surface area contributed by atoms with Crippen LogP contribution < -0.4 is 9.80 Å². The fourth-order valence-corrected chi connectivity index (χ4v) is 4.62. The van der Waals surface area contributed by atoms with Gasteiger partial charge in [-0.1, -0.05) is 71.9 Å². The number of carbonyl (C=O) groups excluding carboxylic acids is 1. The molecule has 3 nitrogen and oxygen atoms in total. The molecule has 1 saturated heterocycles. The van der Waals surface area contributed by atoms with Gasteiger partial charge in [-0.05, 0) is 48.4 Å². The quantitative estimate of drug-likeness (QED) is 0.511. The topological polar surface area (TPSA) is 23.6 Å². The summed E-state index contributed by atoms with van der Waals surface area (Å²) in [6.45, 7) is 2.06. The molecule has 1 heterocycles. The highest BCUT2D eigenvalue weighted by Gasteiger charge is 2.38. The molecule has 1 atom stereocenters. The zero-order valence-corrected chi connectivity index (χ0v) is 17.7. The van der Waals surface area contributed by atoms with E-state index in [0.29, 0.717) is 0 Å². The molecule has 0 aliphatic carbocycles. The Morgan fingerprint density at radius 3 is 2.17 bits per heavy atom. The van der Waals surface area contributed by atoms with E-state index in [4.69, 9.17) is 0 Å². The second-order valence-electron chi connectivity index (χ2n) is 7.39. The summed E-state index contributed by atoms with van der Waals surface area (Å²) in [5.41, 5.74) is 5.40. The van der Waals surface area contributed by atoms with E-state index in [1.165, 1.54) is 5.56 Å². The van der Waals surface area contributed by atoms with Gasteiger partial charge in [-0.2, -0.15) is 0 Å². The number of carbonyl (C=O) groups is 1. The molecular formula is C25H24N2OS. The van der Waals surface area contributed by atoms with E-state index < -0.39 is 0 Å². The van der Waals surface area contributed by atoms with E-state index in [2.05, 4.69) is 60.4 Å². The van der Waals surface area contributed by atoms with Crippen molar-refractivity contribution in [3.63, 3.8) is 0 Å². The third-order valence-corrected chi connectivity index (χ3v) is 6.26. The molecule has 4 rings (SSSR count). The van der Waals surface area contributed by atoms with Gasteiger partial charge in [-0.25, -0.2) is 0 Å². The summed E-state index contributed by atoms with van der Waals surface area (Å²) < 4.78 is 0. The predicted octanol–water partition coefficient (Wildman–Crippen LogP) is 5.88. The molecular weight excluding hydrogens is 376 g/mol. The van der Waals surface area contributed by atoms with Gasteiger partial charge in [0.1, 0.15) is 5.37 Å². The Morgan fingerprint density at radius 2 is 1.55 bits per heavy atom. The van der Waals surface area contributed by atoms with E-state index in [1.54, 1.807) is 11.8 Å². The van der Waals surface area contributed by atoms with Crippen molar-refractivity contribution >= 4 is 35.1 Å². The number of hydrogen-bond acceptors (Lipinski definition) is 3.